The fourth-order valence-corrected chi connectivity index (χ4v) is 4.64. The Balaban J connectivity index is 0.00000243. The maximum Gasteiger partial charge on any atom is 0.331 e. The Bertz CT molecular complexity index is 866. The fraction of sp³-hybridized carbons (Fsp3) is 0.294. The molecule has 3 rings (SSSR count). The van der Waals surface area contributed by atoms with Gasteiger partial charge in [0.15, 0.2) is 0 Å². The Labute approximate surface area is 158 Å². The predicted octanol–water partition coefficient (Wildman–Crippen LogP) is 2.42. The number of halogens is 2. The van der Waals surface area contributed by atoms with Gasteiger partial charge in [0.25, 0.3) is 0 Å². The second-order valence-corrected chi connectivity index (χ2v) is 7.49. The minimum absolute atomic E-state index is 0. The Morgan fingerprint density at radius 2 is 1.65 bits per heavy atom. The van der Waals surface area contributed by atoms with Crippen LogP contribution in [0.2, 0.25) is 0 Å². The number of hydrogen-bond donors (Lipinski definition) is 2. The van der Waals surface area contributed by atoms with E-state index in [2.05, 4.69) is 5.32 Å². The molecule has 2 N–H and O–H groups in total. The van der Waals surface area contributed by atoms with Crippen LogP contribution in [0.5, 0.6) is 0 Å². The third kappa shape index (κ3) is 3.64. The summed E-state index contributed by atoms with van der Waals surface area (Å²) >= 11 is 0. The van der Waals surface area contributed by atoms with Gasteiger partial charge in [0.2, 0.25) is 0 Å². The maximum atomic E-state index is 14.2. The van der Waals surface area contributed by atoms with E-state index in [-0.39, 0.29) is 31.1 Å². The summed E-state index contributed by atoms with van der Waals surface area (Å²) in [6.45, 7) is 0.472. The summed E-state index contributed by atoms with van der Waals surface area (Å²) in [6, 6.07) is 12.5. The first-order chi connectivity index (χ1) is 12.0. The number of nitrogens with zero attached hydrogens (tertiary/aromatic N) is 2. The molecule has 0 saturated heterocycles. The quantitative estimate of drug-likeness (QED) is 0.779. The standard InChI is InChI=1S/C17H20FN3O3S.ClH/c1-19-12-13(22)10-11-20-16-8-4-5-9-17(16)21(25(20,23)24)15-7-3-2-6-14(15)18;/h2-9,13,19,22H,10-12H2,1H3;1H. The van der Waals surface area contributed by atoms with Gasteiger partial charge in [0, 0.05) is 13.1 Å². The van der Waals surface area contributed by atoms with Gasteiger partial charge in [-0.3, -0.25) is 4.31 Å². The lowest BCUT2D eigenvalue weighted by Crippen LogP contribution is -2.38. The van der Waals surface area contributed by atoms with E-state index in [1.54, 1.807) is 37.4 Å². The molecule has 6 nitrogen and oxygen atoms in total. The summed E-state index contributed by atoms with van der Waals surface area (Å²) < 4.78 is 42.6. The number of rotatable bonds is 6. The molecule has 26 heavy (non-hydrogen) atoms. The van der Waals surface area contributed by atoms with Gasteiger partial charge >= 0.3 is 10.2 Å². The summed E-state index contributed by atoms with van der Waals surface area (Å²) in [5.41, 5.74) is 0.853. The highest BCUT2D eigenvalue weighted by molar-refractivity contribution is 7.95. The average Bonchev–Trinajstić information content (AvgIpc) is 2.80. The van der Waals surface area contributed by atoms with Crippen molar-refractivity contribution in [1.29, 1.82) is 0 Å². The Hall–Kier alpha value is -1.87. The molecule has 9 heteroatoms. The first-order valence-corrected chi connectivity index (χ1v) is 9.35. The van der Waals surface area contributed by atoms with E-state index in [0.29, 0.717) is 17.9 Å². The van der Waals surface area contributed by atoms with E-state index in [0.717, 1.165) is 4.31 Å². The minimum atomic E-state index is -3.98. The molecule has 0 saturated carbocycles. The second kappa shape index (κ2) is 8.22. The molecular weight excluding hydrogens is 381 g/mol. The Morgan fingerprint density at radius 3 is 2.27 bits per heavy atom. The third-order valence-electron chi connectivity index (χ3n) is 4.05. The number of aliphatic hydroxyl groups is 1. The summed E-state index contributed by atoms with van der Waals surface area (Å²) in [6.07, 6.45) is -0.408. The number of anilines is 3. The van der Waals surface area contributed by atoms with Crippen molar-refractivity contribution in [3.05, 3.63) is 54.3 Å². The number of para-hydroxylation sites is 3. The topological polar surface area (TPSA) is 72.9 Å². The van der Waals surface area contributed by atoms with Gasteiger partial charge in [-0.15, -0.1) is 12.4 Å². The molecule has 142 valence electrons. The Kier molecular flexibility index (Phi) is 6.46. The van der Waals surface area contributed by atoms with Crippen LogP contribution >= 0.6 is 12.4 Å². The highest BCUT2D eigenvalue weighted by Crippen LogP contribution is 2.45. The van der Waals surface area contributed by atoms with Crippen molar-refractivity contribution in [2.45, 2.75) is 12.5 Å². The van der Waals surface area contributed by atoms with Crippen LogP contribution in [0.1, 0.15) is 6.42 Å². The van der Waals surface area contributed by atoms with Gasteiger partial charge in [-0.05, 0) is 37.7 Å². The van der Waals surface area contributed by atoms with E-state index in [9.17, 15) is 17.9 Å². The lowest BCUT2D eigenvalue weighted by Gasteiger charge is -2.23. The molecule has 1 aliphatic rings. The summed E-state index contributed by atoms with van der Waals surface area (Å²) in [5, 5.41) is 12.7. The average molecular weight is 402 g/mol. The van der Waals surface area contributed by atoms with Gasteiger partial charge in [-0.1, -0.05) is 24.3 Å². The van der Waals surface area contributed by atoms with Crippen molar-refractivity contribution in [2.24, 2.45) is 0 Å². The monoisotopic (exact) mass is 401 g/mol. The van der Waals surface area contributed by atoms with E-state index in [1.165, 1.54) is 22.5 Å². The smallest absolute Gasteiger partial charge is 0.331 e. The highest BCUT2D eigenvalue weighted by Gasteiger charge is 2.41. The summed E-state index contributed by atoms with van der Waals surface area (Å²) in [5.74, 6) is -0.613. The minimum Gasteiger partial charge on any atom is -0.392 e. The molecule has 0 radical (unpaired) electrons. The van der Waals surface area contributed by atoms with Gasteiger partial charge in [-0.25, -0.2) is 8.70 Å². The number of aliphatic hydroxyl groups excluding tert-OH is 1. The third-order valence-corrected chi connectivity index (χ3v) is 5.85. The number of likely N-dealkylation sites (N-methyl/N-ethyl adjacent to an activating group) is 1. The van der Waals surface area contributed by atoms with Crippen molar-refractivity contribution in [2.75, 3.05) is 28.7 Å². The zero-order valence-corrected chi connectivity index (χ0v) is 15.8. The Morgan fingerprint density at radius 1 is 1.08 bits per heavy atom. The molecule has 0 fully saturated rings. The molecule has 0 spiro atoms. The molecule has 0 aliphatic carbocycles. The lowest BCUT2D eigenvalue weighted by molar-refractivity contribution is 0.167. The van der Waals surface area contributed by atoms with Crippen LogP contribution in [0.4, 0.5) is 21.5 Å². The van der Waals surface area contributed by atoms with Crippen LogP contribution in [0, 0.1) is 5.82 Å². The number of hydrogen-bond acceptors (Lipinski definition) is 4. The van der Waals surface area contributed by atoms with E-state index in [1.807, 2.05) is 0 Å². The van der Waals surface area contributed by atoms with E-state index >= 15 is 0 Å². The fourth-order valence-electron chi connectivity index (χ4n) is 2.90. The van der Waals surface area contributed by atoms with Crippen LogP contribution < -0.4 is 13.9 Å². The number of benzene rings is 2. The highest BCUT2D eigenvalue weighted by atomic mass is 35.5. The van der Waals surface area contributed by atoms with Gasteiger partial charge in [0.1, 0.15) is 5.82 Å². The summed E-state index contributed by atoms with van der Waals surface area (Å²) in [7, 11) is -2.26. The molecule has 0 aromatic heterocycles. The van der Waals surface area contributed by atoms with Crippen LogP contribution in [0.15, 0.2) is 48.5 Å². The number of fused-ring (bicyclic) bond motifs is 1. The molecule has 2 aromatic carbocycles. The van der Waals surface area contributed by atoms with Crippen LogP contribution in [-0.2, 0) is 10.2 Å². The molecule has 1 atom stereocenters. The van der Waals surface area contributed by atoms with Crippen molar-refractivity contribution in [3.63, 3.8) is 0 Å². The zero-order valence-electron chi connectivity index (χ0n) is 14.2. The van der Waals surface area contributed by atoms with Crippen LogP contribution in [-0.4, -0.2) is 39.8 Å². The first-order valence-electron chi connectivity index (χ1n) is 7.96. The zero-order chi connectivity index (χ0) is 18.0. The van der Waals surface area contributed by atoms with Crippen molar-refractivity contribution >= 4 is 39.7 Å². The molecular formula is C17H21ClFN3O3S. The molecule has 2 aromatic rings. The molecule has 1 heterocycles. The molecule has 1 aliphatic heterocycles. The van der Waals surface area contributed by atoms with E-state index < -0.39 is 22.1 Å². The van der Waals surface area contributed by atoms with E-state index in [4.69, 9.17) is 0 Å². The summed E-state index contributed by atoms with van der Waals surface area (Å²) in [4.78, 5) is 0. The number of nitrogens with one attached hydrogen (secondary N) is 1. The van der Waals surface area contributed by atoms with Crippen molar-refractivity contribution in [1.82, 2.24) is 5.32 Å². The van der Waals surface area contributed by atoms with Gasteiger partial charge in [-0.2, -0.15) is 8.42 Å². The first kappa shape index (κ1) is 20.4. The normalized spacial score (nSPS) is 16.1. The largest absolute Gasteiger partial charge is 0.392 e. The van der Waals surface area contributed by atoms with Gasteiger partial charge < -0.3 is 10.4 Å². The molecule has 0 bridgehead atoms. The SMILES string of the molecule is CNCC(O)CCN1c2ccccc2N(c2ccccc2F)S1(=O)=O.Cl. The van der Waals surface area contributed by atoms with Crippen LogP contribution in [0.3, 0.4) is 0 Å². The van der Waals surface area contributed by atoms with Crippen molar-refractivity contribution in [3.8, 4) is 0 Å². The second-order valence-electron chi connectivity index (χ2n) is 5.78. The molecule has 1 unspecified atom stereocenters. The lowest BCUT2D eigenvalue weighted by atomic mass is 10.2. The van der Waals surface area contributed by atoms with Crippen molar-refractivity contribution < 1.29 is 17.9 Å². The molecule has 0 amide bonds. The maximum absolute atomic E-state index is 14.2. The van der Waals surface area contributed by atoms with Gasteiger partial charge in [0.05, 0.1) is 23.2 Å². The predicted molar refractivity (Wildman–Crippen MR) is 103 cm³/mol. The van der Waals surface area contributed by atoms with Crippen LogP contribution in [0.25, 0.3) is 0 Å².